The van der Waals surface area contributed by atoms with Crippen LogP contribution >= 0.6 is 0 Å². The monoisotopic (exact) mass is 430 g/mol. The molecule has 1 N–H and O–H groups in total. The second kappa shape index (κ2) is 9.43. The van der Waals surface area contributed by atoms with Crippen LogP contribution in [0.25, 0.3) is 22.5 Å². The summed E-state index contributed by atoms with van der Waals surface area (Å²) in [6.45, 7) is 2.10. The number of rotatable bonds is 6. The number of carbonyl (C=O) groups is 1. The van der Waals surface area contributed by atoms with Crippen molar-refractivity contribution in [1.82, 2.24) is 20.3 Å². The zero-order valence-corrected chi connectivity index (χ0v) is 17.3. The molecule has 0 bridgehead atoms. The Balaban J connectivity index is 1.47. The summed E-state index contributed by atoms with van der Waals surface area (Å²) in [5, 5.41) is 2.74. The van der Waals surface area contributed by atoms with Gasteiger partial charge in [0.15, 0.2) is 0 Å². The van der Waals surface area contributed by atoms with Crippen LogP contribution in [0.3, 0.4) is 0 Å². The van der Waals surface area contributed by atoms with Crippen molar-refractivity contribution in [1.29, 1.82) is 0 Å². The Morgan fingerprint density at radius 2 is 1.81 bits per heavy atom. The first-order chi connectivity index (χ1) is 15.5. The van der Waals surface area contributed by atoms with Gasteiger partial charge in [0.05, 0.1) is 17.8 Å². The molecule has 7 heteroatoms. The fourth-order valence-electron chi connectivity index (χ4n) is 3.29. The van der Waals surface area contributed by atoms with E-state index in [9.17, 15) is 13.6 Å². The van der Waals surface area contributed by atoms with Crippen molar-refractivity contribution >= 4 is 5.91 Å². The van der Waals surface area contributed by atoms with Gasteiger partial charge in [-0.3, -0.25) is 9.78 Å². The van der Waals surface area contributed by atoms with E-state index in [2.05, 4.69) is 20.3 Å². The number of aromatic nitrogens is 3. The Labute approximate surface area is 184 Å². The quantitative estimate of drug-likeness (QED) is 0.484. The van der Waals surface area contributed by atoms with Crippen LogP contribution in [0, 0.1) is 18.6 Å². The van der Waals surface area contributed by atoms with E-state index in [1.807, 2.05) is 49.4 Å². The second-order valence-electron chi connectivity index (χ2n) is 7.28. The van der Waals surface area contributed by atoms with Crippen molar-refractivity contribution in [2.75, 3.05) is 0 Å². The number of carbonyl (C=O) groups excluding carboxylic acids is 1. The SMILES string of the molecule is Cc1ncc(-c2ccccn2)c(-c2ccc(CNC(=O)Cc3cc(F)ccc3F)cc2)n1. The molecule has 2 aromatic carbocycles. The first-order valence-electron chi connectivity index (χ1n) is 10.0. The van der Waals surface area contributed by atoms with Gasteiger partial charge >= 0.3 is 0 Å². The molecule has 0 fully saturated rings. The number of halogens is 2. The highest BCUT2D eigenvalue weighted by Crippen LogP contribution is 2.28. The fraction of sp³-hybridized carbons (Fsp3) is 0.120. The number of hydrogen-bond donors (Lipinski definition) is 1. The van der Waals surface area contributed by atoms with Gasteiger partial charge in [-0.05, 0) is 42.8 Å². The van der Waals surface area contributed by atoms with Gasteiger partial charge in [-0.2, -0.15) is 0 Å². The molecule has 0 spiro atoms. The molecule has 0 saturated carbocycles. The minimum atomic E-state index is -0.602. The maximum atomic E-state index is 13.7. The van der Waals surface area contributed by atoms with E-state index in [0.717, 1.165) is 46.3 Å². The van der Waals surface area contributed by atoms with Gasteiger partial charge in [-0.15, -0.1) is 0 Å². The predicted molar refractivity (Wildman–Crippen MR) is 117 cm³/mol. The molecule has 160 valence electrons. The molecule has 0 aliphatic carbocycles. The van der Waals surface area contributed by atoms with E-state index in [-0.39, 0.29) is 24.4 Å². The molecule has 4 aromatic rings. The molecule has 0 aliphatic heterocycles. The van der Waals surface area contributed by atoms with Crippen LogP contribution < -0.4 is 5.32 Å². The molecule has 2 aromatic heterocycles. The summed E-state index contributed by atoms with van der Waals surface area (Å²) in [7, 11) is 0. The second-order valence-corrected chi connectivity index (χ2v) is 7.28. The Kier molecular flexibility index (Phi) is 6.26. The van der Waals surface area contributed by atoms with E-state index >= 15 is 0 Å². The fourth-order valence-corrected chi connectivity index (χ4v) is 3.29. The summed E-state index contributed by atoms with van der Waals surface area (Å²) in [6.07, 6.45) is 3.26. The van der Waals surface area contributed by atoms with Gasteiger partial charge in [0.2, 0.25) is 5.91 Å². The summed E-state index contributed by atoms with van der Waals surface area (Å²) in [5.41, 5.74) is 4.17. The molecule has 0 aliphatic rings. The summed E-state index contributed by atoms with van der Waals surface area (Å²) in [6, 6.07) is 16.4. The number of amides is 1. The Morgan fingerprint density at radius 3 is 2.56 bits per heavy atom. The van der Waals surface area contributed by atoms with E-state index in [1.54, 1.807) is 12.4 Å². The zero-order chi connectivity index (χ0) is 22.5. The highest BCUT2D eigenvalue weighted by Gasteiger charge is 2.12. The molecule has 0 radical (unpaired) electrons. The first-order valence-corrected chi connectivity index (χ1v) is 10.0. The van der Waals surface area contributed by atoms with Crippen LogP contribution in [0.1, 0.15) is 17.0 Å². The summed E-state index contributed by atoms with van der Waals surface area (Å²) in [5.74, 6) is -0.910. The van der Waals surface area contributed by atoms with Crippen molar-refractivity contribution in [3.63, 3.8) is 0 Å². The van der Waals surface area contributed by atoms with E-state index in [0.29, 0.717) is 5.82 Å². The van der Waals surface area contributed by atoms with Gasteiger partial charge in [0.1, 0.15) is 17.5 Å². The summed E-state index contributed by atoms with van der Waals surface area (Å²) < 4.78 is 27.0. The number of aryl methyl sites for hydroxylation is 1. The van der Waals surface area contributed by atoms with Crippen molar-refractivity contribution in [2.45, 2.75) is 19.9 Å². The molecule has 0 unspecified atom stereocenters. The lowest BCUT2D eigenvalue weighted by Gasteiger charge is -2.10. The minimum Gasteiger partial charge on any atom is -0.352 e. The summed E-state index contributed by atoms with van der Waals surface area (Å²) in [4.78, 5) is 25.5. The molecule has 0 saturated heterocycles. The standard InChI is InChI=1S/C25H20F2N4O/c1-16-29-15-21(23-4-2-3-11-28-23)25(31-16)18-7-5-17(6-8-18)14-30-24(32)13-19-12-20(26)9-10-22(19)27/h2-12,15H,13-14H2,1H3,(H,30,32). The number of pyridine rings is 1. The Bertz CT molecular complexity index is 1240. The van der Waals surface area contributed by atoms with Gasteiger partial charge in [0.25, 0.3) is 0 Å². The first kappa shape index (κ1) is 21.2. The normalized spacial score (nSPS) is 10.7. The van der Waals surface area contributed by atoms with Gasteiger partial charge in [0, 0.05) is 35.6 Å². The molecule has 32 heavy (non-hydrogen) atoms. The maximum absolute atomic E-state index is 13.7. The predicted octanol–water partition coefficient (Wildman–Crippen LogP) is 4.65. The smallest absolute Gasteiger partial charge is 0.224 e. The topological polar surface area (TPSA) is 67.8 Å². The summed E-state index contributed by atoms with van der Waals surface area (Å²) >= 11 is 0. The van der Waals surface area contributed by atoms with Gasteiger partial charge in [-0.1, -0.05) is 30.3 Å². The average Bonchev–Trinajstić information content (AvgIpc) is 2.81. The largest absolute Gasteiger partial charge is 0.352 e. The van der Waals surface area contributed by atoms with Gasteiger partial charge < -0.3 is 5.32 Å². The highest BCUT2D eigenvalue weighted by atomic mass is 19.1. The van der Waals surface area contributed by atoms with E-state index < -0.39 is 11.6 Å². The van der Waals surface area contributed by atoms with Crippen LogP contribution in [0.2, 0.25) is 0 Å². The molecular weight excluding hydrogens is 410 g/mol. The van der Waals surface area contributed by atoms with Gasteiger partial charge in [-0.25, -0.2) is 18.7 Å². The van der Waals surface area contributed by atoms with Crippen LogP contribution in [-0.4, -0.2) is 20.9 Å². The van der Waals surface area contributed by atoms with E-state index in [4.69, 9.17) is 0 Å². The number of nitrogens with one attached hydrogen (secondary N) is 1. The Morgan fingerprint density at radius 1 is 1.00 bits per heavy atom. The third-order valence-electron chi connectivity index (χ3n) is 4.93. The highest BCUT2D eigenvalue weighted by molar-refractivity contribution is 5.79. The maximum Gasteiger partial charge on any atom is 0.224 e. The zero-order valence-electron chi connectivity index (χ0n) is 17.3. The number of hydrogen-bond acceptors (Lipinski definition) is 4. The Hall–Kier alpha value is -4.00. The number of benzene rings is 2. The van der Waals surface area contributed by atoms with Crippen molar-refractivity contribution < 1.29 is 13.6 Å². The third-order valence-corrected chi connectivity index (χ3v) is 4.93. The van der Waals surface area contributed by atoms with Crippen LogP contribution in [0.15, 0.2) is 73.1 Å². The third kappa shape index (κ3) is 5.00. The van der Waals surface area contributed by atoms with Crippen molar-refractivity contribution in [3.8, 4) is 22.5 Å². The number of nitrogens with zero attached hydrogens (tertiary/aromatic N) is 3. The average molecular weight is 430 g/mol. The molecule has 5 nitrogen and oxygen atoms in total. The van der Waals surface area contributed by atoms with Crippen LogP contribution in [-0.2, 0) is 17.8 Å². The van der Waals surface area contributed by atoms with Crippen LogP contribution in [0.5, 0.6) is 0 Å². The molecule has 0 atom stereocenters. The lowest BCUT2D eigenvalue weighted by molar-refractivity contribution is -0.120. The lowest BCUT2D eigenvalue weighted by atomic mass is 10.0. The van der Waals surface area contributed by atoms with Crippen molar-refractivity contribution in [3.05, 3.63) is 102 Å². The van der Waals surface area contributed by atoms with Crippen molar-refractivity contribution in [2.24, 2.45) is 0 Å². The van der Waals surface area contributed by atoms with E-state index in [1.165, 1.54) is 0 Å². The van der Waals surface area contributed by atoms with Crippen LogP contribution in [0.4, 0.5) is 8.78 Å². The minimum absolute atomic E-state index is 0.0269. The molecule has 2 heterocycles. The molecular formula is C25H20F2N4O. The molecule has 1 amide bonds. The molecule has 4 rings (SSSR count). The lowest BCUT2D eigenvalue weighted by Crippen LogP contribution is -2.25.